The van der Waals surface area contributed by atoms with Crippen LogP contribution in [0.15, 0.2) is 24.3 Å². The second-order valence-corrected chi connectivity index (χ2v) is 4.54. The van der Waals surface area contributed by atoms with Crippen LogP contribution in [-0.2, 0) is 0 Å². The molecule has 0 amide bonds. The lowest BCUT2D eigenvalue weighted by Crippen LogP contribution is -1.96. The van der Waals surface area contributed by atoms with Gasteiger partial charge in [-0.3, -0.25) is 4.98 Å². The molecule has 0 radical (unpaired) electrons. The van der Waals surface area contributed by atoms with Gasteiger partial charge in [-0.25, -0.2) is 0 Å². The number of rotatable bonds is 1. The van der Waals surface area contributed by atoms with Crippen LogP contribution in [0.3, 0.4) is 0 Å². The maximum Gasteiger partial charge on any atom is 0.0708 e. The van der Waals surface area contributed by atoms with Crippen molar-refractivity contribution < 1.29 is 0 Å². The lowest BCUT2D eigenvalue weighted by atomic mass is 10.0. The highest BCUT2D eigenvalue weighted by molar-refractivity contribution is 5.83. The van der Waals surface area contributed by atoms with Gasteiger partial charge in [0.05, 0.1) is 5.52 Å². The van der Waals surface area contributed by atoms with Gasteiger partial charge in [0.2, 0.25) is 0 Å². The number of fused-ring (bicyclic) bond motifs is 1. The lowest BCUT2D eigenvalue weighted by Gasteiger charge is -2.10. The molecule has 1 aromatic heterocycles. The summed E-state index contributed by atoms with van der Waals surface area (Å²) in [5, 5.41) is 1.31. The fraction of sp³-hybridized carbons (Fsp3) is 0.357. The first-order valence-electron chi connectivity index (χ1n) is 5.63. The minimum atomic E-state index is 0.744. The van der Waals surface area contributed by atoms with Crippen molar-refractivity contribution >= 4 is 10.9 Å². The molecule has 1 aliphatic carbocycles. The van der Waals surface area contributed by atoms with Crippen molar-refractivity contribution in [2.75, 3.05) is 0 Å². The summed E-state index contributed by atoms with van der Waals surface area (Å²) in [5.74, 6) is 0.744. The van der Waals surface area contributed by atoms with E-state index < -0.39 is 0 Å². The smallest absolute Gasteiger partial charge is 0.0708 e. The second kappa shape index (κ2) is 3.06. The van der Waals surface area contributed by atoms with E-state index in [-0.39, 0.29) is 0 Å². The number of nitrogens with zero attached hydrogens (tertiary/aromatic N) is 1. The predicted molar refractivity (Wildman–Crippen MR) is 63.2 cm³/mol. The summed E-state index contributed by atoms with van der Waals surface area (Å²) in [7, 11) is 0. The Morgan fingerprint density at radius 3 is 2.53 bits per heavy atom. The van der Waals surface area contributed by atoms with E-state index in [0.29, 0.717) is 0 Å². The van der Waals surface area contributed by atoms with Crippen molar-refractivity contribution in [1.29, 1.82) is 0 Å². The van der Waals surface area contributed by atoms with E-state index in [1.807, 2.05) is 0 Å². The van der Waals surface area contributed by atoms with E-state index >= 15 is 0 Å². The van der Waals surface area contributed by atoms with Gasteiger partial charge in [0.15, 0.2) is 0 Å². The van der Waals surface area contributed by atoms with Crippen LogP contribution in [0.2, 0.25) is 0 Å². The first-order valence-corrected chi connectivity index (χ1v) is 5.63. The number of aromatic nitrogens is 1. The van der Waals surface area contributed by atoms with Gasteiger partial charge < -0.3 is 0 Å². The molecule has 0 bridgehead atoms. The number of pyridine rings is 1. The van der Waals surface area contributed by atoms with Gasteiger partial charge >= 0.3 is 0 Å². The molecule has 1 saturated carbocycles. The summed E-state index contributed by atoms with van der Waals surface area (Å²) in [6.07, 6.45) is 2.65. The first kappa shape index (κ1) is 8.90. The topological polar surface area (TPSA) is 12.9 Å². The largest absolute Gasteiger partial charge is 0.252 e. The Morgan fingerprint density at radius 2 is 1.80 bits per heavy atom. The molecule has 0 N–H and O–H groups in total. The Balaban J connectivity index is 2.34. The third kappa shape index (κ3) is 1.34. The van der Waals surface area contributed by atoms with Crippen LogP contribution in [0.5, 0.6) is 0 Å². The van der Waals surface area contributed by atoms with Crippen LogP contribution >= 0.6 is 0 Å². The van der Waals surface area contributed by atoms with E-state index in [1.54, 1.807) is 0 Å². The summed E-state index contributed by atoms with van der Waals surface area (Å²) >= 11 is 0. The number of hydrogen-bond acceptors (Lipinski definition) is 1. The maximum atomic E-state index is 4.80. The Bertz CT molecular complexity index is 524. The summed E-state index contributed by atoms with van der Waals surface area (Å²) in [6, 6.07) is 8.45. The van der Waals surface area contributed by atoms with Crippen molar-refractivity contribution in [3.8, 4) is 0 Å². The number of aryl methyl sites for hydroxylation is 1. The van der Waals surface area contributed by atoms with Crippen LogP contribution in [-0.4, -0.2) is 4.98 Å². The van der Waals surface area contributed by atoms with E-state index in [4.69, 9.17) is 4.98 Å². The summed E-state index contributed by atoms with van der Waals surface area (Å²) in [6.45, 7) is 4.42. The Labute approximate surface area is 90.2 Å². The Hall–Kier alpha value is -1.37. The van der Waals surface area contributed by atoms with Gasteiger partial charge in [-0.05, 0) is 43.9 Å². The quantitative estimate of drug-likeness (QED) is 0.678. The molecule has 1 aliphatic rings. The van der Waals surface area contributed by atoms with Crippen LogP contribution in [0.25, 0.3) is 10.9 Å². The zero-order chi connectivity index (χ0) is 10.4. The van der Waals surface area contributed by atoms with E-state index in [2.05, 4.69) is 38.1 Å². The lowest BCUT2D eigenvalue weighted by molar-refractivity contribution is 1.01. The van der Waals surface area contributed by atoms with Gasteiger partial charge in [0.1, 0.15) is 0 Å². The number of para-hydroxylation sites is 1. The minimum Gasteiger partial charge on any atom is -0.252 e. The Morgan fingerprint density at radius 1 is 1.07 bits per heavy atom. The third-order valence-electron chi connectivity index (χ3n) is 3.46. The van der Waals surface area contributed by atoms with Gasteiger partial charge in [-0.2, -0.15) is 0 Å². The molecular weight excluding hydrogens is 182 g/mol. The van der Waals surface area contributed by atoms with Gasteiger partial charge in [-0.1, -0.05) is 18.2 Å². The van der Waals surface area contributed by atoms with Crippen LogP contribution in [0.4, 0.5) is 0 Å². The third-order valence-corrected chi connectivity index (χ3v) is 3.46. The molecule has 76 valence electrons. The van der Waals surface area contributed by atoms with Gasteiger partial charge in [0.25, 0.3) is 0 Å². The van der Waals surface area contributed by atoms with Crippen molar-refractivity contribution in [2.45, 2.75) is 32.6 Å². The normalized spacial score (nSPS) is 15.9. The molecule has 2 aromatic rings. The molecule has 1 heteroatoms. The first-order chi connectivity index (χ1) is 7.27. The highest BCUT2D eigenvalue weighted by Gasteiger charge is 2.27. The highest BCUT2D eigenvalue weighted by Crippen LogP contribution is 2.42. The van der Waals surface area contributed by atoms with Crippen molar-refractivity contribution in [3.63, 3.8) is 0 Å². The number of hydrogen-bond donors (Lipinski definition) is 0. The molecule has 1 heterocycles. The molecule has 0 unspecified atom stereocenters. The minimum absolute atomic E-state index is 0.744. The van der Waals surface area contributed by atoms with Crippen molar-refractivity contribution in [3.05, 3.63) is 41.1 Å². The van der Waals surface area contributed by atoms with E-state index in [0.717, 1.165) is 11.4 Å². The summed E-state index contributed by atoms with van der Waals surface area (Å²) < 4.78 is 0. The maximum absolute atomic E-state index is 4.80. The zero-order valence-electron chi connectivity index (χ0n) is 9.25. The molecule has 1 fully saturated rings. The van der Waals surface area contributed by atoms with E-state index in [9.17, 15) is 0 Å². The molecular formula is C14H15N. The summed E-state index contributed by atoms with van der Waals surface area (Å²) in [4.78, 5) is 4.80. The predicted octanol–water partition coefficient (Wildman–Crippen LogP) is 3.73. The fourth-order valence-corrected chi connectivity index (χ4v) is 2.25. The Kier molecular flexibility index (Phi) is 1.82. The SMILES string of the molecule is Cc1c(C2CC2)nc2ccccc2c1C. The molecule has 1 aromatic carbocycles. The van der Waals surface area contributed by atoms with Crippen LogP contribution in [0.1, 0.15) is 35.6 Å². The second-order valence-electron chi connectivity index (χ2n) is 4.54. The average molecular weight is 197 g/mol. The molecule has 0 aliphatic heterocycles. The average Bonchev–Trinajstić information content (AvgIpc) is 3.07. The molecule has 1 nitrogen and oxygen atoms in total. The molecule has 0 atom stereocenters. The molecule has 0 spiro atoms. The molecule has 15 heavy (non-hydrogen) atoms. The molecule has 3 rings (SSSR count). The van der Waals surface area contributed by atoms with E-state index in [1.165, 1.54) is 35.0 Å². The fourth-order valence-electron chi connectivity index (χ4n) is 2.25. The molecule has 0 saturated heterocycles. The van der Waals surface area contributed by atoms with Crippen molar-refractivity contribution in [2.24, 2.45) is 0 Å². The highest BCUT2D eigenvalue weighted by atomic mass is 14.7. The van der Waals surface area contributed by atoms with Gasteiger partial charge in [-0.15, -0.1) is 0 Å². The van der Waals surface area contributed by atoms with Crippen molar-refractivity contribution in [1.82, 2.24) is 4.98 Å². The van der Waals surface area contributed by atoms with Gasteiger partial charge in [0, 0.05) is 17.0 Å². The van der Waals surface area contributed by atoms with Crippen LogP contribution < -0.4 is 0 Å². The number of benzene rings is 1. The monoisotopic (exact) mass is 197 g/mol. The van der Waals surface area contributed by atoms with Crippen LogP contribution in [0, 0.1) is 13.8 Å². The standard InChI is InChI=1S/C14H15N/c1-9-10(2)14(11-7-8-11)15-13-6-4-3-5-12(9)13/h3-6,11H,7-8H2,1-2H3. The zero-order valence-corrected chi connectivity index (χ0v) is 9.25. The summed E-state index contributed by atoms with van der Waals surface area (Å²) in [5.41, 5.74) is 5.30.